The summed E-state index contributed by atoms with van der Waals surface area (Å²) >= 11 is 0. The number of rotatable bonds is 1. The van der Waals surface area contributed by atoms with Crippen LogP contribution in [0.15, 0.2) is 42.5 Å². The molecule has 2 heteroatoms. The zero-order chi connectivity index (χ0) is 15.0. The first-order chi connectivity index (χ1) is 9.98. The number of nitrogens with zero attached hydrogens (tertiary/aromatic N) is 2. The van der Waals surface area contributed by atoms with Crippen LogP contribution in [-0.4, -0.2) is 30.5 Å². The minimum Gasteiger partial charge on any atom is -0.267 e. The molecule has 1 heterocycles. The molecule has 1 aliphatic rings. The number of hydrogen-bond donors (Lipinski definition) is 0. The lowest BCUT2D eigenvalue weighted by molar-refractivity contribution is -0.505. The molecule has 21 heavy (non-hydrogen) atoms. The van der Waals surface area contributed by atoms with Crippen LogP contribution in [0.4, 0.5) is 5.69 Å². The van der Waals surface area contributed by atoms with E-state index in [1.54, 1.807) is 0 Å². The van der Waals surface area contributed by atoms with E-state index in [0.717, 1.165) is 13.1 Å². The maximum atomic E-state index is 2.52. The molecule has 2 nitrogen and oxygen atoms in total. The summed E-state index contributed by atoms with van der Waals surface area (Å²) in [6, 6.07) is 15.3. The van der Waals surface area contributed by atoms with Gasteiger partial charge in [0.2, 0.25) is 0 Å². The fourth-order valence-corrected chi connectivity index (χ4v) is 3.54. The molecule has 0 unspecified atom stereocenters. The van der Waals surface area contributed by atoms with E-state index in [4.69, 9.17) is 0 Å². The first kappa shape index (κ1) is 14.1. The molecule has 0 spiro atoms. The highest BCUT2D eigenvalue weighted by atomic mass is 15.3. The summed E-state index contributed by atoms with van der Waals surface area (Å²) in [5.74, 6) is 1.42. The van der Waals surface area contributed by atoms with Gasteiger partial charge < -0.3 is 0 Å². The SMILES string of the molecule is C[N+]1=C(C(C)(C)C)N(c2cccc3ccccc23)CCC1. The van der Waals surface area contributed by atoms with Gasteiger partial charge in [-0.25, -0.2) is 4.90 Å². The van der Waals surface area contributed by atoms with Gasteiger partial charge in [0, 0.05) is 11.8 Å². The molecule has 110 valence electrons. The first-order valence-electron chi connectivity index (χ1n) is 7.82. The van der Waals surface area contributed by atoms with E-state index in [1.807, 2.05) is 0 Å². The van der Waals surface area contributed by atoms with Gasteiger partial charge in [-0.2, -0.15) is 0 Å². The van der Waals surface area contributed by atoms with Crippen LogP contribution in [0.3, 0.4) is 0 Å². The Kier molecular flexibility index (Phi) is 3.48. The Bertz CT molecular complexity index is 687. The zero-order valence-corrected chi connectivity index (χ0v) is 13.6. The minimum atomic E-state index is 0.145. The molecule has 0 saturated carbocycles. The minimum absolute atomic E-state index is 0.145. The Morgan fingerprint density at radius 3 is 2.48 bits per heavy atom. The molecule has 0 bridgehead atoms. The van der Waals surface area contributed by atoms with Gasteiger partial charge in [0.25, 0.3) is 5.84 Å². The van der Waals surface area contributed by atoms with E-state index in [9.17, 15) is 0 Å². The van der Waals surface area contributed by atoms with E-state index in [0.29, 0.717) is 0 Å². The van der Waals surface area contributed by atoms with Crippen LogP contribution in [0.25, 0.3) is 10.8 Å². The van der Waals surface area contributed by atoms with Crippen molar-refractivity contribution in [2.45, 2.75) is 27.2 Å². The lowest BCUT2D eigenvalue weighted by atomic mass is 9.91. The quantitative estimate of drug-likeness (QED) is 0.712. The molecule has 1 aliphatic heterocycles. The average Bonchev–Trinajstić information content (AvgIpc) is 2.45. The first-order valence-corrected chi connectivity index (χ1v) is 7.82. The second kappa shape index (κ2) is 5.18. The highest BCUT2D eigenvalue weighted by Crippen LogP contribution is 2.32. The van der Waals surface area contributed by atoms with E-state index in [-0.39, 0.29) is 5.41 Å². The zero-order valence-electron chi connectivity index (χ0n) is 13.6. The maximum absolute atomic E-state index is 2.52. The standard InChI is InChI=1S/C19H25N2/c1-19(2,3)18-20(4)13-8-14-21(18)17-12-7-10-15-9-5-6-11-16(15)17/h5-7,9-12H,8,13-14H2,1-4H3/q+1. The third-order valence-electron chi connectivity index (χ3n) is 4.22. The summed E-state index contributed by atoms with van der Waals surface area (Å²) in [5, 5.41) is 2.66. The average molecular weight is 281 g/mol. The third kappa shape index (κ3) is 2.55. The van der Waals surface area contributed by atoms with Crippen LogP contribution in [0, 0.1) is 5.41 Å². The van der Waals surface area contributed by atoms with Gasteiger partial charge in [0.1, 0.15) is 5.69 Å². The Hall–Kier alpha value is -1.83. The smallest absolute Gasteiger partial charge is 0.257 e. The number of hydrogen-bond acceptors (Lipinski definition) is 1. The largest absolute Gasteiger partial charge is 0.267 e. The Labute approximate surface area is 127 Å². The monoisotopic (exact) mass is 281 g/mol. The van der Waals surface area contributed by atoms with Crippen molar-refractivity contribution < 1.29 is 4.58 Å². The molecule has 0 fully saturated rings. The molecule has 0 atom stereocenters. The molecule has 0 aliphatic carbocycles. The van der Waals surface area contributed by atoms with Crippen molar-refractivity contribution >= 4 is 22.3 Å². The van der Waals surface area contributed by atoms with Crippen LogP contribution >= 0.6 is 0 Å². The van der Waals surface area contributed by atoms with Gasteiger partial charge in [0.15, 0.2) is 0 Å². The fourth-order valence-electron chi connectivity index (χ4n) is 3.54. The molecule has 2 aromatic carbocycles. The second-order valence-corrected chi connectivity index (χ2v) is 7.00. The summed E-state index contributed by atoms with van der Waals surface area (Å²) in [5.41, 5.74) is 1.48. The molecule has 0 aromatic heterocycles. The van der Waals surface area contributed by atoms with Gasteiger partial charge >= 0.3 is 0 Å². The van der Waals surface area contributed by atoms with Crippen LogP contribution in [0.5, 0.6) is 0 Å². The van der Waals surface area contributed by atoms with Crippen molar-refractivity contribution in [1.82, 2.24) is 0 Å². The Balaban J connectivity index is 2.19. The highest BCUT2D eigenvalue weighted by molar-refractivity contribution is 6.06. The number of anilines is 1. The Morgan fingerprint density at radius 2 is 1.71 bits per heavy atom. The predicted octanol–water partition coefficient (Wildman–Crippen LogP) is 4.14. The Morgan fingerprint density at radius 1 is 1.00 bits per heavy atom. The molecular weight excluding hydrogens is 256 g/mol. The normalized spacial score (nSPS) is 16.7. The van der Waals surface area contributed by atoms with E-state index >= 15 is 0 Å². The molecular formula is C19H25N2+. The lowest BCUT2D eigenvalue weighted by Crippen LogP contribution is -2.49. The van der Waals surface area contributed by atoms with Gasteiger partial charge in [-0.05, 0) is 32.2 Å². The second-order valence-electron chi connectivity index (χ2n) is 7.00. The van der Waals surface area contributed by atoms with E-state index in [2.05, 4.69) is 79.8 Å². The fraction of sp³-hybridized carbons (Fsp3) is 0.421. The van der Waals surface area contributed by atoms with Gasteiger partial charge in [-0.3, -0.25) is 4.58 Å². The number of fused-ring (bicyclic) bond motifs is 1. The van der Waals surface area contributed by atoms with Crippen molar-refractivity contribution in [3.8, 4) is 0 Å². The van der Waals surface area contributed by atoms with E-state index in [1.165, 1.54) is 28.7 Å². The van der Waals surface area contributed by atoms with Gasteiger partial charge in [-0.1, -0.05) is 36.4 Å². The van der Waals surface area contributed by atoms with Gasteiger partial charge in [-0.15, -0.1) is 0 Å². The topological polar surface area (TPSA) is 6.25 Å². The van der Waals surface area contributed by atoms with E-state index < -0.39 is 0 Å². The number of amidine groups is 1. The van der Waals surface area contributed by atoms with Crippen LogP contribution in [0.2, 0.25) is 0 Å². The van der Waals surface area contributed by atoms with Gasteiger partial charge in [0.05, 0.1) is 25.6 Å². The number of benzene rings is 2. The van der Waals surface area contributed by atoms with Crippen molar-refractivity contribution in [1.29, 1.82) is 0 Å². The molecule has 2 aromatic rings. The summed E-state index contributed by atoms with van der Waals surface area (Å²) in [7, 11) is 2.22. The highest BCUT2D eigenvalue weighted by Gasteiger charge is 2.37. The summed E-state index contributed by atoms with van der Waals surface area (Å²) < 4.78 is 2.42. The molecule has 0 saturated heterocycles. The van der Waals surface area contributed by atoms with Crippen molar-refractivity contribution in [3.05, 3.63) is 42.5 Å². The maximum Gasteiger partial charge on any atom is 0.257 e. The predicted molar refractivity (Wildman–Crippen MR) is 91.4 cm³/mol. The van der Waals surface area contributed by atoms with Crippen LogP contribution in [0.1, 0.15) is 27.2 Å². The molecule has 0 amide bonds. The summed E-state index contributed by atoms with van der Waals surface area (Å²) in [4.78, 5) is 2.52. The van der Waals surface area contributed by atoms with Crippen molar-refractivity contribution in [2.75, 3.05) is 25.0 Å². The lowest BCUT2D eigenvalue weighted by Gasteiger charge is -2.32. The molecule has 3 rings (SSSR count). The van der Waals surface area contributed by atoms with Crippen LogP contribution in [-0.2, 0) is 0 Å². The molecule has 0 radical (unpaired) electrons. The molecule has 0 N–H and O–H groups in total. The summed E-state index contributed by atoms with van der Waals surface area (Å²) in [6.07, 6.45) is 1.21. The summed E-state index contributed by atoms with van der Waals surface area (Å²) in [6.45, 7) is 9.17. The van der Waals surface area contributed by atoms with Crippen molar-refractivity contribution in [2.24, 2.45) is 5.41 Å². The third-order valence-corrected chi connectivity index (χ3v) is 4.22. The van der Waals surface area contributed by atoms with Crippen molar-refractivity contribution in [3.63, 3.8) is 0 Å². The van der Waals surface area contributed by atoms with Crippen LogP contribution < -0.4 is 4.90 Å².